The van der Waals surface area contributed by atoms with Crippen molar-refractivity contribution in [3.63, 3.8) is 0 Å². The van der Waals surface area contributed by atoms with E-state index in [1.54, 1.807) is 0 Å². The van der Waals surface area contributed by atoms with Crippen molar-refractivity contribution in [3.05, 3.63) is 35.9 Å². The molecule has 0 aromatic heterocycles. The van der Waals surface area contributed by atoms with Crippen LogP contribution in [-0.2, 0) is 4.79 Å². The standard InChI is InChI=1S/C21H32N4O/c1-3-16-15-25(14-11-19(16)17-7-5-4-6-8-17)21(22-2)24-13-12-23-20(26)18-9-10-18/h4-8,16,18-19H,3,9-15H2,1-2H3,(H,22,24)(H,23,26). The number of benzene rings is 1. The normalized spacial score (nSPS) is 23.6. The molecule has 0 bridgehead atoms. The van der Waals surface area contributed by atoms with Gasteiger partial charge in [-0.2, -0.15) is 0 Å². The van der Waals surface area contributed by atoms with Gasteiger partial charge >= 0.3 is 0 Å². The van der Waals surface area contributed by atoms with Gasteiger partial charge < -0.3 is 15.5 Å². The lowest BCUT2D eigenvalue weighted by atomic mass is 9.79. The highest BCUT2D eigenvalue weighted by atomic mass is 16.2. The van der Waals surface area contributed by atoms with Gasteiger partial charge in [-0.1, -0.05) is 43.7 Å². The summed E-state index contributed by atoms with van der Waals surface area (Å²) in [5, 5.41) is 6.41. The van der Waals surface area contributed by atoms with Crippen LogP contribution < -0.4 is 10.6 Å². The fraction of sp³-hybridized carbons (Fsp3) is 0.619. The number of guanidine groups is 1. The third-order valence-electron chi connectivity index (χ3n) is 5.65. The van der Waals surface area contributed by atoms with E-state index in [0.29, 0.717) is 18.4 Å². The first-order valence-corrected chi connectivity index (χ1v) is 10.0. The third-order valence-corrected chi connectivity index (χ3v) is 5.65. The van der Waals surface area contributed by atoms with Crippen LogP contribution in [0.2, 0.25) is 0 Å². The number of aliphatic imine (C=N–C) groups is 1. The molecule has 1 aliphatic carbocycles. The van der Waals surface area contributed by atoms with E-state index in [9.17, 15) is 4.79 Å². The topological polar surface area (TPSA) is 56.7 Å². The van der Waals surface area contributed by atoms with Crippen LogP contribution in [0.15, 0.2) is 35.3 Å². The molecular weight excluding hydrogens is 324 g/mol. The Balaban J connectivity index is 1.49. The smallest absolute Gasteiger partial charge is 0.223 e. The molecule has 2 atom stereocenters. The van der Waals surface area contributed by atoms with Gasteiger partial charge in [0, 0.05) is 39.1 Å². The van der Waals surface area contributed by atoms with Gasteiger partial charge in [-0.25, -0.2) is 0 Å². The second-order valence-corrected chi connectivity index (χ2v) is 7.46. The Bertz CT molecular complexity index is 612. The Morgan fingerprint density at radius 2 is 1.88 bits per heavy atom. The number of nitrogens with one attached hydrogen (secondary N) is 2. The van der Waals surface area contributed by atoms with E-state index in [2.05, 4.69) is 57.8 Å². The quantitative estimate of drug-likeness (QED) is 0.468. The summed E-state index contributed by atoms with van der Waals surface area (Å²) in [7, 11) is 1.84. The van der Waals surface area contributed by atoms with Crippen molar-refractivity contribution >= 4 is 11.9 Å². The van der Waals surface area contributed by atoms with E-state index in [1.807, 2.05) is 7.05 Å². The Hall–Kier alpha value is -2.04. The Labute approximate surface area is 157 Å². The zero-order chi connectivity index (χ0) is 18.4. The SMILES string of the molecule is CCC1CN(C(=NC)NCCNC(=O)C2CC2)CCC1c1ccccc1. The molecule has 26 heavy (non-hydrogen) atoms. The summed E-state index contributed by atoms with van der Waals surface area (Å²) in [5.41, 5.74) is 1.46. The largest absolute Gasteiger partial charge is 0.354 e. The average Bonchev–Trinajstić information content (AvgIpc) is 3.53. The molecule has 5 nitrogen and oxygen atoms in total. The van der Waals surface area contributed by atoms with Gasteiger partial charge in [0.2, 0.25) is 5.91 Å². The van der Waals surface area contributed by atoms with E-state index < -0.39 is 0 Å². The molecule has 142 valence electrons. The fourth-order valence-corrected chi connectivity index (χ4v) is 3.96. The first-order chi connectivity index (χ1) is 12.7. The van der Waals surface area contributed by atoms with Crippen molar-refractivity contribution in [2.75, 3.05) is 33.2 Å². The molecule has 2 unspecified atom stereocenters. The van der Waals surface area contributed by atoms with Crippen LogP contribution >= 0.6 is 0 Å². The maximum atomic E-state index is 11.7. The first kappa shape index (κ1) is 18.7. The zero-order valence-electron chi connectivity index (χ0n) is 16.1. The molecule has 5 heteroatoms. The lowest BCUT2D eigenvalue weighted by Gasteiger charge is -2.40. The maximum Gasteiger partial charge on any atom is 0.223 e. The molecule has 3 rings (SSSR count). The number of rotatable bonds is 6. The van der Waals surface area contributed by atoms with Gasteiger partial charge in [-0.05, 0) is 36.7 Å². The van der Waals surface area contributed by atoms with Crippen LogP contribution in [0.1, 0.15) is 44.1 Å². The van der Waals surface area contributed by atoms with Crippen molar-refractivity contribution in [1.82, 2.24) is 15.5 Å². The van der Waals surface area contributed by atoms with Gasteiger partial charge in [0.1, 0.15) is 0 Å². The zero-order valence-corrected chi connectivity index (χ0v) is 16.1. The summed E-state index contributed by atoms with van der Waals surface area (Å²) < 4.78 is 0. The number of carbonyl (C=O) groups is 1. The van der Waals surface area contributed by atoms with Gasteiger partial charge in [-0.15, -0.1) is 0 Å². The summed E-state index contributed by atoms with van der Waals surface area (Å²) in [6, 6.07) is 10.9. The molecule has 0 radical (unpaired) electrons. The van der Waals surface area contributed by atoms with E-state index in [4.69, 9.17) is 0 Å². The number of likely N-dealkylation sites (tertiary alicyclic amines) is 1. The second kappa shape index (κ2) is 9.06. The number of hydrogen-bond donors (Lipinski definition) is 2. The van der Waals surface area contributed by atoms with Crippen molar-refractivity contribution in [3.8, 4) is 0 Å². The summed E-state index contributed by atoms with van der Waals surface area (Å²) in [5.74, 6) is 2.71. The number of nitrogens with zero attached hydrogens (tertiary/aromatic N) is 2. The first-order valence-electron chi connectivity index (χ1n) is 10.0. The van der Waals surface area contributed by atoms with Gasteiger partial charge in [0.15, 0.2) is 5.96 Å². The molecular formula is C21H32N4O. The van der Waals surface area contributed by atoms with Gasteiger partial charge in [-0.3, -0.25) is 9.79 Å². The molecule has 1 saturated heterocycles. The van der Waals surface area contributed by atoms with E-state index in [1.165, 1.54) is 12.0 Å². The van der Waals surface area contributed by atoms with E-state index >= 15 is 0 Å². The minimum atomic E-state index is 0.205. The number of amides is 1. The molecule has 1 heterocycles. The predicted molar refractivity (Wildman–Crippen MR) is 106 cm³/mol. The Morgan fingerprint density at radius 3 is 2.54 bits per heavy atom. The van der Waals surface area contributed by atoms with E-state index in [-0.39, 0.29) is 11.8 Å². The minimum absolute atomic E-state index is 0.205. The Kier molecular flexibility index (Phi) is 6.53. The third kappa shape index (κ3) is 4.77. The van der Waals surface area contributed by atoms with Crippen LogP contribution in [0.25, 0.3) is 0 Å². The molecule has 1 aromatic rings. The molecule has 2 fully saturated rings. The van der Waals surface area contributed by atoms with Crippen LogP contribution in [0, 0.1) is 11.8 Å². The van der Waals surface area contributed by atoms with Crippen molar-refractivity contribution < 1.29 is 4.79 Å². The highest BCUT2D eigenvalue weighted by Crippen LogP contribution is 2.34. The molecule has 1 aliphatic heterocycles. The predicted octanol–water partition coefficient (Wildman–Crippen LogP) is 2.60. The summed E-state index contributed by atoms with van der Waals surface area (Å²) >= 11 is 0. The van der Waals surface area contributed by atoms with Crippen molar-refractivity contribution in [2.45, 2.75) is 38.5 Å². The van der Waals surface area contributed by atoms with Gasteiger partial charge in [0.05, 0.1) is 0 Å². The Morgan fingerprint density at radius 1 is 1.15 bits per heavy atom. The summed E-state index contributed by atoms with van der Waals surface area (Å²) in [6.07, 6.45) is 4.43. The molecule has 1 amide bonds. The highest BCUT2D eigenvalue weighted by Gasteiger charge is 2.31. The average molecular weight is 357 g/mol. The molecule has 1 aromatic carbocycles. The molecule has 2 N–H and O–H groups in total. The molecule has 2 aliphatic rings. The number of carbonyl (C=O) groups excluding carboxylic acids is 1. The molecule has 1 saturated carbocycles. The maximum absolute atomic E-state index is 11.7. The van der Waals surface area contributed by atoms with Gasteiger partial charge in [0.25, 0.3) is 0 Å². The summed E-state index contributed by atoms with van der Waals surface area (Å²) in [4.78, 5) is 18.5. The van der Waals surface area contributed by atoms with E-state index in [0.717, 1.165) is 44.9 Å². The number of hydrogen-bond acceptors (Lipinski definition) is 2. The highest BCUT2D eigenvalue weighted by molar-refractivity contribution is 5.81. The summed E-state index contributed by atoms with van der Waals surface area (Å²) in [6.45, 7) is 5.72. The van der Waals surface area contributed by atoms with Crippen molar-refractivity contribution in [1.29, 1.82) is 0 Å². The van der Waals surface area contributed by atoms with Crippen LogP contribution in [0.4, 0.5) is 0 Å². The monoisotopic (exact) mass is 356 g/mol. The fourth-order valence-electron chi connectivity index (χ4n) is 3.96. The van der Waals surface area contributed by atoms with Crippen LogP contribution in [-0.4, -0.2) is 50.0 Å². The van der Waals surface area contributed by atoms with Crippen LogP contribution in [0.3, 0.4) is 0 Å². The molecule has 0 spiro atoms. The minimum Gasteiger partial charge on any atom is -0.354 e. The number of piperidine rings is 1. The lowest BCUT2D eigenvalue weighted by Crippen LogP contribution is -2.49. The second-order valence-electron chi connectivity index (χ2n) is 7.46. The van der Waals surface area contributed by atoms with Crippen molar-refractivity contribution in [2.24, 2.45) is 16.8 Å². The van der Waals surface area contributed by atoms with Crippen LogP contribution in [0.5, 0.6) is 0 Å². The lowest BCUT2D eigenvalue weighted by molar-refractivity contribution is -0.122.